The first-order chi connectivity index (χ1) is 11.2. The van der Waals surface area contributed by atoms with Crippen molar-refractivity contribution in [2.45, 2.75) is 6.54 Å². The van der Waals surface area contributed by atoms with Crippen LogP contribution in [0.2, 0.25) is 0 Å². The molecule has 4 N–H and O–H groups in total. The maximum atomic E-state index is 13.4. The monoisotopic (exact) mass is 317 g/mol. The number of piperazine rings is 1. The van der Waals surface area contributed by atoms with E-state index in [0.29, 0.717) is 23.0 Å². The highest BCUT2D eigenvalue weighted by atomic mass is 19.1. The molecule has 1 aliphatic heterocycles. The van der Waals surface area contributed by atoms with Gasteiger partial charge in [-0.25, -0.2) is 9.37 Å². The van der Waals surface area contributed by atoms with Gasteiger partial charge in [0, 0.05) is 10.9 Å². The second-order valence-corrected chi connectivity index (χ2v) is 6.15. The van der Waals surface area contributed by atoms with Crippen LogP contribution in [0.3, 0.4) is 0 Å². The Morgan fingerprint density at radius 2 is 2.17 bits per heavy atom. The van der Waals surface area contributed by atoms with Gasteiger partial charge in [0.05, 0.1) is 19.4 Å². The summed E-state index contributed by atoms with van der Waals surface area (Å²) >= 11 is 0. The Kier molecular flexibility index (Phi) is 3.59. The molecule has 0 radical (unpaired) electrons. The third kappa shape index (κ3) is 2.62. The maximum Gasteiger partial charge on any atom is 0.277 e. The minimum atomic E-state index is -0.324. The fraction of sp³-hybridized carbons (Fsp3) is 0.375. The van der Waals surface area contributed by atoms with Crippen LogP contribution in [-0.2, 0) is 6.54 Å². The quantitative estimate of drug-likeness (QED) is 0.549. The zero-order chi connectivity index (χ0) is 15.8. The molecular weight excluding hydrogens is 297 g/mol. The van der Waals surface area contributed by atoms with E-state index in [2.05, 4.69) is 15.3 Å². The van der Waals surface area contributed by atoms with Crippen molar-refractivity contribution in [1.29, 1.82) is 0 Å². The predicted molar refractivity (Wildman–Crippen MR) is 85.0 cm³/mol. The van der Waals surface area contributed by atoms with E-state index in [9.17, 15) is 9.18 Å². The minimum absolute atomic E-state index is 0.0884. The number of nitrogens with two attached hydrogens (primary N) is 1. The van der Waals surface area contributed by atoms with Gasteiger partial charge < -0.3 is 15.2 Å². The molecule has 7 heteroatoms. The topological polar surface area (TPSA) is 71.7 Å². The van der Waals surface area contributed by atoms with Crippen molar-refractivity contribution in [1.82, 2.24) is 14.5 Å². The summed E-state index contributed by atoms with van der Waals surface area (Å²) in [5.41, 5.74) is 1.64. The minimum Gasteiger partial charge on any atom is -0.349 e. The third-order valence-corrected chi connectivity index (χ3v) is 4.64. The van der Waals surface area contributed by atoms with Crippen molar-refractivity contribution in [3.8, 4) is 0 Å². The van der Waals surface area contributed by atoms with Crippen LogP contribution in [0.5, 0.6) is 0 Å². The Hall–Kier alpha value is -2.25. The maximum absolute atomic E-state index is 13.4. The van der Waals surface area contributed by atoms with E-state index in [1.165, 1.54) is 17.0 Å². The van der Waals surface area contributed by atoms with Crippen molar-refractivity contribution >= 4 is 21.9 Å². The van der Waals surface area contributed by atoms with Gasteiger partial charge in [-0.1, -0.05) is 0 Å². The molecule has 1 aliphatic rings. The molecular formula is C16H20FN5O+2. The highest BCUT2D eigenvalue weighted by Gasteiger charge is 2.16. The zero-order valence-corrected chi connectivity index (χ0v) is 12.8. The molecule has 1 fully saturated rings. The van der Waals surface area contributed by atoms with E-state index in [1.807, 2.05) is 0 Å². The third-order valence-electron chi connectivity index (χ3n) is 4.64. The smallest absolute Gasteiger partial charge is 0.277 e. The van der Waals surface area contributed by atoms with Crippen LogP contribution in [0.15, 0.2) is 29.3 Å². The highest BCUT2D eigenvalue weighted by molar-refractivity contribution is 6.04. The fourth-order valence-electron chi connectivity index (χ4n) is 3.33. The number of H-pyrrole nitrogens is 1. The molecule has 3 aromatic rings. The summed E-state index contributed by atoms with van der Waals surface area (Å²) < 4.78 is 15.1. The number of hydrogen-bond donors (Lipinski definition) is 3. The second kappa shape index (κ2) is 5.75. The average Bonchev–Trinajstić information content (AvgIpc) is 2.94. The summed E-state index contributed by atoms with van der Waals surface area (Å²) in [6, 6.07) is 4.44. The van der Waals surface area contributed by atoms with E-state index < -0.39 is 0 Å². The van der Waals surface area contributed by atoms with Crippen molar-refractivity contribution in [3.63, 3.8) is 0 Å². The van der Waals surface area contributed by atoms with Crippen LogP contribution >= 0.6 is 0 Å². The second-order valence-electron chi connectivity index (χ2n) is 6.15. The molecule has 0 aliphatic carbocycles. The number of benzene rings is 1. The number of hydrogen-bond acceptors (Lipinski definition) is 2. The predicted octanol–water partition coefficient (Wildman–Crippen LogP) is -1.52. The molecule has 4 rings (SSSR count). The van der Waals surface area contributed by atoms with Gasteiger partial charge in [-0.15, -0.1) is 0 Å². The Morgan fingerprint density at radius 1 is 1.35 bits per heavy atom. The molecule has 0 bridgehead atoms. The number of halogens is 1. The van der Waals surface area contributed by atoms with Crippen molar-refractivity contribution in [3.05, 3.63) is 40.7 Å². The Bertz CT molecular complexity index is 910. The SMILES string of the molecule is O=c1c2[nH]c3ccc(F)cc3c2ncn1CC[NH+]1CC[NH2+]CC1. The number of nitrogens with zero attached hydrogens (tertiary/aromatic N) is 2. The lowest BCUT2D eigenvalue weighted by atomic mass is 10.2. The van der Waals surface area contributed by atoms with E-state index in [4.69, 9.17) is 0 Å². The van der Waals surface area contributed by atoms with Crippen LogP contribution in [0.4, 0.5) is 4.39 Å². The molecule has 0 saturated carbocycles. The van der Waals surface area contributed by atoms with Crippen molar-refractivity contribution < 1.29 is 14.6 Å². The molecule has 3 heterocycles. The van der Waals surface area contributed by atoms with Gasteiger partial charge >= 0.3 is 0 Å². The molecule has 120 valence electrons. The average molecular weight is 317 g/mol. The molecule has 0 atom stereocenters. The summed E-state index contributed by atoms with van der Waals surface area (Å²) in [7, 11) is 0. The van der Waals surface area contributed by atoms with E-state index in [1.54, 1.807) is 17.0 Å². The summed E-state index contributed by atoms with van der Waals surface area (Å²) in [6.07, 6.45) is 1.58. The van der Waals surface area contributed by atoms with Crippen LogP contribution in [0.25, 0.3) is 21.9 Å². The zero-order valence-electron chi connectivity index (χ0n) is 12.8. The molecule has 0 spiro atoms. The van der Waals surface area contributed by atoms with Crippen molar-refractivity contribution in [2.24, 2.45) is 0 Å². The highest BCUT2D eigenvalue weighted by Crippen LogP contribution is 2.21. The summed E-state index contributed by atoms with van der Waals surface area (Å²) in [5, 5.41) is 2.98. The first kappa shape index (κ1) is 14.3. The molecule has 1 aromatic carbocycles. The first-order valence-electron chi connectivity index (χ1n) is 8.04. The van der Waals surface area contributed by atoms with Gasteiger partial charge in [-0.3, -0.25) is 9.36 Å². The molecule has 23 heavy (non-hydrogen) atoms. The molecule has 1 saturated heterocycles. The van der Waals surface area contributed by atoms with Gasteiger partial charge in [0.1, 0.15) is 43.0 Å². The lowest BCUT2D eigenvalue weighted by Crippen LogP contribution is -3.20. The number of fused-ring (bicyclic) bond motifs is 3. The fourth-order valence-corrected chi connectivity index (χ4v) is 3.33. The number of rotatable bonds is 3. The van der Waals surface area contributed by atoms with Crippen LogP contribution < -0.4 is 15.8 Å². The van der Waals surface area contributed by atoms with Crippen molar-refractivity contribution in [2.75, 3.05) is 32.7 Å². The van der Waals surface area contributed by atoms with Crippen LogP contribution in [-0.4, -0.2) is 47.3 Å². The largest absolute Gasteiger partial charge is 0.349 e. The Labute approximate surface area is 131 Å². The summed E-state index contributed by atoms with van der Waals surface area (Å²) in [5.74, 6) is -0.324. The molecule has 6 nitrogen and oxygen atoms in total. The molecule has 0 unspecified atom stereocenters. The normalized spacial score (nSPS) is 16.4. The lowest BCUT2D eigenvalue weighted by molar-refractivity contribution is -0.947. The van der Waals surface area contributed by atoms with Gasteiger partial charge in [0.15, 0.2) is 0 Å². The summed E-state index contributed by atoms with van der Waals surface area (Å²) in [6.45, 7) is 6.15. The van der Waals surface area contributed by atoms with Crippen LogP contribution in [0.1, 0.15) is 0 Å². The number of aromatic amines is 1. The summed E-state index contributed by atoms with van der Waals surface area (Å²) in [4.78, 5) is 21.6. The van der Waals surface area contributed by atoms with Crippen LogP contribution in [0, 0.1) is 5.82 Å². The number of nitrogens with one attached hydrogen (secondary N) is 2. The van der Waals surface area contributed by atoms with E-state index in [0.717, 1.165) is 38.2 Å². The van der Waals surface area contributed by atoms with Gasteiger partial charge in [0.2, 0.25) is 0 Å². The number of quaternary nitrogens is 2. The molecule has 2 aromatic heterocycles. The lowest BCUT2D eigenvalue weighted by Gasteiger charge is -2.22. The Balaban J connectivity index is 1.67. The van der Waals surface area contributed by atoms with Gasteiger partial charge in [0.25, 0.3) is 5.56 Å². The number of aromatic nitrogens is 3. The Morgan fingerprint density at radius 3 is 3.00 bits per heavy atom. The van der Waals surface area contributed by atoms with E-state index in [-0.39, 0.29) is 11.4 Å². The standard InChI is InChI=1S/C16H18FN5O/c17-11-1-2-13-12(9-11)14-15(20-13)16(23)22(10-19-14)8-7-21-5-3-18-4-6-21/h1-2,9-10,18,20H,3-8H2/p+2. The van der Waals surface area contributed by atoms with E-state index >= 15 is 0 Å². The molecule has 0 amide bonds. The first-order valence-corrected chi connectivity index (χ1v) is 8.04. The van der Waals surface area contributed by atoms with Gasteiger partial charge in [-0.2, -0.15) is 0 Å². The van der Waals surface area contributed by atoms with Gasteiger partial charge in [-0.05, 0) is 18.2 Å².